The van der Waals surface area contributed by atoms with Crippen molar-refractivity contribution in [1.82, 2.24) is 29.6 Å². The number of likely N-dealkylation sites (tertiary alicyclic amines) is 1. The smallest absolute Gasteiger partial charge is 0.255 e. The minimum atomic E-state index is -0.0610. The lowest BCUT2D eigenvalue weighted by atomic mass is 10.1. The first-order chi connectivity index (χ1) is 12.8. The summed E-state index contributed by atoms with van der Waals surface area (Å²) in [5, 5.41) is 7.14. The topological polar surface area (TPSA) is 88.8 Å². The van der Waals surface area contributed by atoms with Crippen LogP contribution in [0.15, 0.2) is 49.2 Å². The van der Waals surface area contributed by atoms with E-state index in [9.17, 15) is 4.79 Å². The number of nitrogens with zero attached hydrogens (tertiary/aromatic N) is 6. The molecule has 1 aliphatic heterocycles. The molecular weight excluding hydrogens is 330 g/mol. The van der Waals surface area contributed by atoms with Crippen molar-refractivity contribution in [3.8, 4) is 5.82 Å². The van der Waals surface area contributed by atoms with E-state index in [1.807, 2.05) is 17.2 Å². The van der Waals surface area contributed by atoms with Gasteiger partial charge < -0.3 is 10.2 Å². The Morgan fingerprint density at radius 1 is 1.27 bits per heavy atom. The molecule has 8 nitrogen and oxygen atoms in total. The Labute approximate surface area is 150 Å². The van der Waals surface area contributed by atoms with E-state index >= 15 is 0 Å². The predicted octanol–water partition coefficient (Wildman–Crippen LogP) is 2.08. The number of carbonyl (C=O) groups excluding carboxylic acids is 1. The molecular formula is C18H19N7O. The van der Waals surface area contributed by atoms with Crippen LogP contribution in [0, 0.1) is 0 Å². The highest BCUT2D eigenvalue weighted by molar-refractivity contribution is 5.94. The van der Waals surface area contributed by atoms with Crippen LogP contribution in [0.3, 0.4) is 0 Å². The summed E-state index contributed by atoms with van der Waals surface area (Å²) in [6.45, 7) is 0.704. The van der Waals surface area contributed by atoms with Crippen LogP contribution in [0.2, 0.25) is 0 Å². The van der Waals surface area contributed by atoms with E-state index in [1.165, 1.54) is 0 Å². The van der Waals surface area contributed by atoms with E-state index in [-0.39, 0.29) is 11.9 Å². The van der Waals surface area contributed by atoms with E-state index in [0.29, 0.717) is 23.7 Å². The van der Waals surface area contributed by atoms with Crippen molar-refractivity contribution in [1.29, 1.82) is 0 Å². The minimum Gasteiger partial charge on any atom is -0.372 e. The second-order valence-corrected chi connectivity index (χ2v) is 6.09. The second kappa shape index (κ2) is 6.91. The van der Waals surface area contributed by atoms with Gasteiger partial charge in [-0.15, -0.1) is 0 Å². The van der Waals surface area contributed by atoms with Gasteiger partial charge in [0.15, 0.2) is 5.82 Å². The fourth-order valence-corrected chi connectivity index (χ4v) is 3.20. The molecule has 0 aromatic carbocycles. The zero-order chi connectivity index (χ0) is 17.9. The molecule has 0 radical (unpaired) electrons. The Kier molecular flexibility index (Phi) is 4.30. The molecule has 3 aromatic rings. The van der Waals surface area contributed by atoms with Crippen molar-refractivity contribution < 1.29 is 4.79 Å². The largest absolute Gasteiger partial charge is 0.372 e. The summed E-state index contributed by atoms with van der Waals surface area (Å²) >= 11 is 0. The van der Waals surface area contributed by atoms with Crippen LogP contribution in [0.4, 0.5) is 5.82 Å². The van der Waals surface area contributed by atoms with E-state index in [2.05, 4.69) is 25.4 Å². The van der Waals surface area contributed by atoms with E-state index < -0.39 is 0 Å². The van der Waals surface area contributed by atoms with Crippen LogP contribution in [-0.2, 0) is 0 Å². The summed E-state index contributed by atoms with van der Waals surface area (Å²) in [6, 6.07) is 5.36. The number of hydrogen-bond donors (Lipinski definition) is 1. The van der Waals surface area contributed by atoms with Crippen molar-refractivity contribution in [2.45, 2.75) is 18.9 Å². The first kappa shape index (κ1) is 16.2. The molecule has 1 saturated heterocycles. The lowest BCUT2D eigenvalue weighted by Gasteiger charge is -2.24. The molecule has 8 heteroatoms. The number of aromatic nitrogens is 5. The zero-order valence-corrected chi connectivity index (χ0v) is 14.4. The first-order valence-electron chi connectivity index (χ1n) is 8.53. The molecule has 4 heterocycles. The lowest BCUT2D eigenvalue weighted by Crippen LogP contribution is -2.31. The predicted molar refractivity (Wildman–Crippen MR) is 95.9 cm³/mol. The number of hydrogen-bond acceptors (Lipinski definition) is 6. The molecule has 4 rings (SSSR count). The van der Waals surface area contributed by atoms with Crippen LogP contribution in [-0.4, -0.2) is 49.1 Å². The average molecular weight is 349 g/mol. The van der Waals surface area contributed by atoms with E-state index in [1.54, 1.807) is 48.6 Å². The number of nitrogens with one attached hydrogen (secondary N) is 1. The van der Waals surface area contributed by atoms with Crippen LogP contribution in [0.1, 0.15) is 34.9 Å². The van der Waals surface area contributed by atoms with Crippen molar-refractivity contribution in [2.75, 3.05) is 18.9 Å². The Morgan fingerprint density at radius 3 is 2.92 bits per heavy atom. The molecule has 0 aliphatic carbocycles. The molecule has 1 aliphatic rings. The van der Waals surface area contributed by atoms with Gasteiger partial charge in [-0.25, -0.2) is 14.6 Å². The summed E-state index contributed by atoms with van der Waals surface area (Å²) in [5.74, 6) is 1.34. The summed E-state index contributed by atoms with van der Waals surface area (Å²) in [6.07, 6.45) is 10.3. The Bertz CT molecular complexity index is 892. The van der Waals surface area contributed by atoms with Crippen LogP contribution in [0.25, 0.3) is 5.82 Å². The van der Waals surface area contributed by atoms with Gasteiger partial charge in [0.2, 0.25) is 0 Å². The molecule has 26 heavy (non-hydrogen) atoms. The third kappa shape index (κ3) is 3.01. The van der Waals surface area contributed by atoms with Gasteiger partial charge in [-0.1, -0.05) is 0 Å². The Morgan fingerprint density at radius 2 is 2.19 bits per heavy atom. The zero-order valence-electron chi connectivity index (χ0n) is 14.4. The highest BCUT2D eigenvalue weighted by atomic mass is 16.2. The number of anilines is 1. The molecule has 1 N–H and O–H groups in total. The molecule has 0 bridgehead atoms. The van der Waals surface area contributed by atoms with Gasteiger partial charge >= 0.3 is 0 Å². The van der Waals surface area contributed by atoms with Crippen molar-refractivity contribution in [3.63, 3.8) is 0 Å². The molecule has 1 fully saturated rings. The van der Waals surface area contributed by atoms with Gasteiger partial charge in [-0.2, -0.15) is 5.10 Å². The summed E-state index contributed by atoms with van der Waals surface area (Å²) in [7, 11) is 1.80. The van der Waals surface area contributed by atoms with Gasteiger partial charge in [0.1, 0.15) is 5.82 Å². The Hall–Kier alpha value is -3.29. The average Bonchev–Trinajstić information content (AvgIpc) is 3.39. The molecule has 0 spiro atoms. The Balaban J connectivity index is 1.56. The van der Waals surface area contributed by atoms with Crippen LogP contribution in [0.5, 0.6) is 0 Å². The van der Waals surface area contributed by atoms with Gasteiger partial charge in [0, 0.05) is 32.2 Å². The fraction of sp³-hybridized carbons (Fsp3) is 0.278. The van der Waals surface area contributed by atoms with Crippen LogP contribution >= 0.6 is 0 Å². The summed E-state index contributed by atoms with van der Waals surface area (Å²) in [4.78, 5) is 28.0. The number of amides is 1. The third-order valence-corrected chi connectivity index (χ3v) is 4.50. The van der Waals surface area contributed by atoms with E-state index in [0.717, 1.165) is 18.5 Å². The number of carbonyl (C=O) groups is 1. The van der Waals surface area contributed by atoms with Crippen molar-refractivity contribution >= 4 is 11.7 Å². The first-order valence-corrected chi connectivity index (χ1v) is 8.53. The van der Waals surface area contributed by atoms with Crippen molar-refractivity contribution in [3.05, 3.63) is 60.4 Å². The highest BCUT2D eigenvalue weighted by Crippen LogP contribution is 2.32. The molecule has 1 amide bonds. The minimum absolute atomic E-state index is 0.0383. The van der Waals surface area contributed by atoms with Gasteiger partial charge in [0.25, 0.3) is 5.91 Å². The maximum Gasteiger partial charge on any atom is 0.255 e. The van der Waals surface area contributed by atoms with Gasteiger partial charge in [-0.3, -0.25) is 9.78 Å². The van der Waals surface area contributed by atoms with Gasteiger partial charge in [0.05, 0.1) is 29.7 Å². The normalized spacial score (nSPS) is 16.7. The second-order valence-electron chi connectivity index (χ2n) is 6.09. The summed E-state index contributed by atoms with van der Waals surface area (Å²) in [5.41, 5.74) is 1.37. The monoisotopic (exact) mass is 349 g/mol. The summed E-state index contributed by atoms with van der Waals surface area (Å²) < 4.78 is 1.66. The highest BCUT2D eigenvalue weighted by Gasteiger charge is 2.32. The maximum atomic E-state index is 13.0. The molecule has 1 unspecified atom stereocenters. The number of rotatable bonds is 4. The van der Waals surface area contributed by atoms with Crippen molar-refractivity contribution in [2.24, 2.45) is 0 Å². The lowest BCUT2D eigenvalue weighted by molar-refractivity contribution is 0.0732. The maximum absolute atomic E-state index is 13.0. The standard InChI is InChI=1S/C18H19N7O/c1-19-16-12-20-11-14(23-16)15-4-2-8-24(15)18(26)13-5-6-17(21-10-13)25-9-3-7-22-25/h3,5-7,9-12,15H,2,4,8H2,1H3,(H,19,23). The number of pyridine rings is 1. The molecule has 0 saturated carbocycles. The SMILES string of the molecule is CNc1cncc(C2CCCN2C(=O)c2ccc(-n3cccn3)nc2)n1. The van der Waals surface area contributed by atoms with E-state index in [4.69, 9.17) is 0 Å². The third-order valence-electron chi connectivity index (χ3n) is 4.50. The molecule has 3 aromatic heterocycles. The molecule has 132 valence electrons. The van der Waals surface area contributed by atoms with Gasteiger partial charge in [-0.05, 0) is 31.0 Å². The van der Waals surface area contributed by atoms with Crippen LogP contribution < -0.4 is 5.32 Å². The quantitative estimate of drug-likeness (QED) is 0.776. The fourth-order valence-electron chi connectivity index (χ4n) is 3.20. The molecule has 1 atom stereocenters.